The molecule has 0 aliphatic heterocycles. The maximum absolute atomic E-state index is 13.1. The van der Waals surface area contributed by atoms with Gasteiger partial charge in [0.25, 0.3) is 0 Å². The number of phenolic OH excluding ortho intramolecular Hbond substituents is 2. The smallest absolute Gasteiger partial charge is 0.342 e. The highest BCUT2D eigenvalue weighted by atomic mass is 32.2. The Bertz CT molecular complexity index is 1230. The van der Waals surface area contributed by atoms with Gasteiger partial charge >= 0.3 is 5.97 Å². The van der Waals surface area contributed by atoms with E-state index in [0.29, 0.717) is 45.9 Å². The number of ether oxygens (including phenoxy) is 1. The predicted molar refractivity (Wildman–Crippen MR) is 146 cm³/mol. The number of hydrogen-bond donors (Lipinski definition) is 2. The van der Waals surface area contributed by atoms with Gasteiger partial charge in [0.05, 0.1) is 12.4 Å². The Morgan fingerprint density at radius 1 is 1.03 bits per heavy atom. The zero-order chi connectivity index (χ0) is 27.0. The molecule has 0 fully saturated rings. The second kappa shape index (κ2) is 10.4. The molecule has 3 aromatic rings. The molecule has 36 heavy (non-hydrogen) atoms. The molecule has 0 saturated carbocycles. The second-order valence-corrected chi connectivity index (χ2v) is 12.5. The summed E-state index contributed by atoms with van der Waals surface area (Å²) in [5, 5.41) is 22.2. The van der Waals surface area contributed by atoms with Gasteiger partial charge in [-0.1, -0.05) is 41.5 Å². The summed E-state index contributed by atoms with van der Waals surface area (Å²) in [4.78, 5) is 16.0. The summed E-state index contributed by atoms with van der Waals surface area (Å²) in [5.41, 5.74) is 2.81. The van der Waals surface area contributed by atoms with Crippen molar-refractivity contribution in [2.24, 2.45) is 0 Å². The van der Waals surface area contributed by atoms with E-state index in [9.17, 15) is 15.0 Å². The molecule has 2 N–H and O–H groups in total. The van der Waals surface area contributed by atoms with Crippen LogP contribution in [0.15, 0.2) is 33.6 Å². The summed E-state index contributed by atoms with van der Waals surface area (Å²) < 4.78 is 11.6. The van der Waals surface area contributed by atoms with Crippen LogP contribution in [-0.2, 0) is 27.9 Å². The number of esters is 1. The first-order chi connectivity index (χ1) is 16.6. The number of benzene rings is 2. The number of hydrogen-bond acceptors (Lipinski definition) is 7. The highest BCUT2D eigenvalue weighted by Crippen LogP contribution is 2.43. The van der Waals surface area contributed by atoms with Crippen molar-refractivity contribution >= 4 is 28.7 Å². The Hall–Kier alpha value is -2.64. The third-order valence-electron chi connectivity index (χ3n) is 6.04. The van der Waals surface area contributed by atoms with Gasteiger partial charge in [-0.15, -0.1) is 11.8 Å². The van der Waals surface area contributed by atoms with Crippen LogP contribution >= 0.6 is 11.8 Å². The van der Waals surface area contributed by atoms with Gasteiger partial charge in [-0.25, -0.2) is 4.79 Å². The fraction of sp³-hybridized carbons (Fsp3) is 0.483. The summed E-state index contributed by atoms with van der Waals surface area (Å²) >= 11 is 1.55. The van der Waals surface area contributed by atoms with Crippen LogP contribution in [-0.4, -0.2) is 41.8 Å². The van der Waals surface area contributed by atoms with E-state index in [2.05, 4.69) is 41.5 Å². The number of carbonyl (C=O) groups is 1. The van der Waals surface area contributed by atoms with E-state index >= 15 is 0 Å². The number of phenols is 2. The standard InChI is InChI=1S/C29H39NO5S/c1-10-34-27(33)25-23(35-22-12-11-21(31)18(24(22)25)15-30(8)9)16-36-17-13-19(28(2,3)4)26(32)20(14-17)29(5,6)7/h11-14,31-32H,10,15-16H2,1-9H3. The topological polar surface area (TPSA) is 83.1 Å². The molecule has 3 rings (SSSR count). The summed E-state index contributed by atoms with van der Waals surface area (Å²) in [6, 6.07) is 7.33. The summed E-state index contributed by atoms with van der Waals surface area (Å²) in [7, 11) is 3.81. The van der Waals surface area contributed by atoms with Crippen LogP contribution in [0.5, 0.6) is 11.5 Å². The van der Waals surface area contributed by atoms with Crippen LogP contribution in [0.2, 0.25) is 0 Å². The lowest BCUT2D eigenvalue weighted by Gasteiger charge is -2.28. The van der Waals surface area contributed by atoms with Gasteiger partial charge in [-0.3, -0.25) is 0 Å². The maximum Gasteiger partial charge on any atom is 0.342 e. The van der Waals surface area contributed by atoms with E-state index in [0.717, 1.165) is 16.0 Å². The molecule has 7 heteroatoms. The average molecular weight is 514 g/mol. The minimum Gasteiger partial charge on any atom is -0.508 e. The lowest BCUT2D eigenvalue weighted by atomic mass is 9.79. The zero-order valence-corrected chi connectivity index (χ0v) is 23.7. The molecular weight excluding hydrogens is 474 g/mol. The van der Waals surface area contributed by atoms with Crippen LogP contribution in [0, 0.1) is 0 Å². The molecule has 0 atom stereocenters. The molecular formula is C29H39NO5S. The lowest BCUT2D eigenvalue weighted by molar-refractivity contribution is 0.0526. The molecule has 0 saturated heterocycles. The van der Waals surface area contributed by atoms with Crippen molar-refractivity contribution in [1.29, 1.82) is 0 Å². The average Bonchev–Trinajstić information content (AvgIpc) is 3.12. The molecule has 0 spiro atoms. The monoisotopic (exact) mass is 513 g/mol. The van der Waals surface area contributed by atoms with Crippen LogP contribution in [0.4, 0.5) is 0 Å². The molecule has 0 aliphatic carbocycles. The number of fused-ring (bicyclic) bond motifs is 1. The van der Waals surface area contributed by atoms with E-state index in [1.807, 2.05) is 31.1 Å². The number of nitrogens with zero attached hydrogens (tertiary/aromatic N) is 1. The summed E-state index contributed by atoms with van der Waals surface area (Å²) in [5.74, 6) is 0.878. The minimum absolute atomic E-state index is 0.116. The van der Waals surface area contributed by atoms with E-state index in [1.54, 1.807) is 30.8 Å². The SMILES string of the molecule is CCOC(=O)c1c(CSc2cc(C(C)(C)C)c(O)c(C(C)(C)C)c2)oc2ccc(O)c(CN(C)C)c12. The molecule has 1 aromatic heterocycles. The van der Waals surface area contributed by atoms with E-state index < -0.39 is 5.97 Å². The zero-order valence-electron chi connectivity index (χ0n) is 22.9. The van der Waals surface area contributed by atoms with Gasteiger partial charge in [-0.2, -0.15) is 0 Å². The first-order valence-corrected chi connectivity index (χ1v) is 13.2. The van der Waals surface area contributed by atoms with Gasteiger partial charge in [0.2, 0.25) is 0 Å². The summed E-state index contributed by atoms with van der Waals surface area (Å²) in [6.45, 7) is 15.0. The molecule has 196 valence electrons. The van der Waals surface area contributed by atoms with Crippen LogP contribution in [0.1, 0.15) is 81.3 Å². The van der Waals surface area contributed by atoms with Gasteiger partial charge < -0.3 is 24.3 Å². The predicted octanol–water partition coefficient (Wildman–Crippen LogP) is 6.97. The first-order valence-electron chi connectivity index (χ1n) is 12.2. The van der Waals surface area contributed by atoms with Crippen molar-refractivity contribution in [3.05, 3.63) is 52.3 Å². The van der Waals surface area contributed by atoms with Crippen molar-refractivity contribution in [1.82, 2.24) is 4.90 Å². The fourth-order valence-electron chi connectivity index (χ4n) is 4.28. The van der Waals surface area contributed by atoms with Crippen molar-refractivity contribution < 1.29 is 24.2 Å². The third kappa shape index (κ3) is 5.84. The van der Waals surface area contributed by atoms with Crippen molar-refractivity contribution in [2.45, 2.75) is 76.5 Å². The Morgan fingerprint density at radius 2 is 1.61 bits per heavy atom. The molecule has 2 aromatic carbocycles. The van der Waals surface area contributed by atoms with Gasteiger partial charge in [0, 0.05) is 33.5 Å². The maximum atomic E-state index is 13.1. The number of carbonyl (C=O) groups excluding carboxylic acids is 1. The van der Waals surface area contributed by atoms with Crippen LogP contribution in [0.25, 0.3) is 11.0 Å². The Kier molecular flexibility index (Phi) is 8.06. The van der Waals surface area contributed by atoms with Crippen molar-refractivity contribution in [3.63, 3.8) is 0 Å². The van der Waals surface area contributed by atoms with Crippen molar-refractivity contribution in [3.8, 4) is 11.5 Å². The third-order valence-corrected chi connectivity index (χ3v) is 7.01. The largest absolute Gasteiger partial charge is 0.508 e. The summed E-state index contributed by atoms with van der Waals surface area (Å²) in [6.07, 6.45) is 0. The fourth-order valence-corrected chi connectivity index (χ4v) is 5.18. The normalized spacial score (nSPS) is 12.5. The van der Waals surface area contributed by atoms with E-state index in [4.69, 9.17) is 9.15 Å². The molecule has 0 bridgehead atoms. The molecule has 0 amide bonds. The Morgan fingerprint density at radius 3 is 2.11 bits per heavy atom. The molecule has 1 heterocycles. The van der Waals surface area contributed by atoms with Gasteiger partial charge in [-0.05, 0) is 56.1 Å². The van der Waals surface area contributed by atoms with Crippen LogP contribution in [0.3, 0.4) is 0 Å². The second-order valence-electron chi connectivity index (χ2n) is 11.5. The number of aromatic hydroxyl groups is 2. The first kappa shape index (κ1) is 27.9. The molecule has 6 nitrogen and oxygen atoms in total. The highest BCUT2D eigenvalue weighted by Gasteiger charge is 2.29. The molecule has 0 unspecified atom stereocenters. The number of furan rings is 1. The molecule has 0 radical (unpaired) electrons. The quantitative estimate of drug-likeness (QED) is 0.261. The molecule has 0 aliphatic rings. The van der Waals surface area contributed by atoms with Crippen LogP contribution < -0.4 is 0 Å². The van der Waals surface area contributed by atoms with E-state index in [1.165, 1.54) is 0 Å². The minimum atomic E-state index is -0.464. The number of rotatable bonds is 7. The Labute approximate surface area is 218 Å². The van der Waals surface area contributed by atoms with E-state index in [-0.39, 0.29) is 23.2 Å². The van der Waals surface area contributed by atoms with Gasteiger partial charge in [0.15, 0.2) is 0 Å². The van der Waals surface area contributed by atoms with Crippen molar-refractivity contribution in [2.75, 3.05) is 20.7 Å². The highest BCUT2D eigenvalue weighted by molar-refractivity contribution is 7.98. The lowest BCUT2D eigenvalue weighted by Crippen LogP contribution is -2.17. The Balaban J connectivity index is 2.13. The van der Waals surface area contributed by atoms with Gasteiger partial charge in [0.1, 0.15) is 28.4 Å². The number of thioether (sulfide) groups is 1.